The minimum atomic E-state index is -1.65. The normalized spacial score (nSPS) is 19.6. The van der Waals surface area contributed by atoms with Gasteiger partial charge in [0.05, 0.1) is 25.4 Å². The molecule has 11 nitrogen and oxygen atoms in total. The highest BCUT2D eigenvalue weighted by Gasteiger charge is 2.47. The van der Waals surface area contributed by atoms with E-state index in [4.69, 9.17) is 14.2 Å². The topological polar surface area (TPSA) is 175 Å². The number of amides is 1. The van der Waals surface area contributed by atoms with E-state index in [2.05, 4.69) is 135 Å². The van der Waals surface area contributed by atoms with Crippen LogP contribution in [0.1, 0.15) is 233 Å². The van der Waals surface area contributed by atoms with Crippen molar-refractivity contribution in [2.75, 3.05) is 13.2 Å². The molecule has 0 aliphatic carbocycles. The number of nitrogens with one attached hydrogen (secondary N) is 1. The van der Waals surface area contributed by atoms with E-state index in [1.165, 1.54) is 70.6 Å². The van der Waals surface area contributed by atoms with Crippen molar-refractivity contribution in [2.24, 2.45) is 0 Å². The molecule has 8 unspecified atom stereocenters. The molecular weight excluding hydrogens is 1010 g/mol. The third kappa shape index (κ3) is 44.1. The number of aliphatic hydroxyl groups is 5. The zero-order valence-electron chi connectivity index (χ0n) is 50.8. The van der Waals surface area contributed by atoms with E-state index in [0.717, 1.165) is 109 Å². The number of allylic oxidation sites excluding steroid dienone is 21. The lowest BCUT2D eigenvalue weighted by Gasteiger charge is -2.41. The molecule has 0 aromatic rings. The molecule has 0 aromatic carbocycles. The third-order valence-corrected chi connectivity index (χ3v) is 14.0. The summed E-state index contributed by atoms with van der Waals surface area (Å²) in [6, 6.07) is -1.06. The van der Waals surface area contributed by atoms with Crippen LogP contribution >= 0.6 is 0 Å². The number of ether oxygens (including phenoxy) is 3. The average molecular weight is 1130 g/mol. The van der Waals surface area contributed by atoms with E-state index in [1.807, 2.05) is 18.2 Å². The van der Waals surface area contributed by atoms with Gasteiger partial charge in [0.25, 0.3) is 0 Å². The third-order valence-electron chi connectivity index (χ3n) is 14.0. The fourth-order valence-corrected chi connectivity index (χ4v) is 9.00. The van der Waals surface area contributed by atoms with Crippen LogP contribution in [0.5, 0.6) is 0 Å². The summed E-state index contributed by atoms with van der Waals surface area (Å²) < 4.78 is 17.6. The zero-order chi connectivity index (χ0) is 58.9. The van der Waals surface area contributed by atoms with Gasteiger partial charge in [-0.05, 0) is 116 Å². The van der Waals surface area contributed by atoms with E-state index in [9.17, 15) is 35.1 Å². The van der Waals surface area contributed by atoms with Gasteiger partial charge >= 0.3 is 5.97 Å². The van der Waals surface area contributed by atoms with Crippen molar-refractivity contribution < 1.29 is 49.3 Å². The van der Waals surface area contributed by atoms with Crippen molar-refractivity contribution in [3.05, 3.63) is 134 Å². The average Bonchev–Trinajstić information content (AvgIpc) is 3.49. The second kappa shape index (κ2) is 56.3. The molecule has 11 heteroatoms. The second-order valence-electron chi connectivity index (χ2n) is 21.4. The van der Waals surface area contributed by atoms with E-state index < -0.39 is 67.4 Å². The van der Waals surface area contributed by atoms with Crippen molar-refractivity contribution in [3.8, 4) is 0 Å². The minimum Gasteiger partial charge on any atom is -0.454 e. The molecule has 0 aromatic heterocycles. The molecule has 1 saturated heterocycles. The van der Waals surface area contributed by atoms with Gasteiger partial charge < -0.3 is 45.1 Å². The lowest BCUT2D eigenvalue weighted by Crippen LogP contribution is -2.61. The number of unbranched alkanes of at least 4 members (excludes halogenated alkanes) is 18. The Balaban J connectivity index is 2.74. The van der Waals surface area contributed by atoms with Gasteiger partial charge in [-0.25, -0.2) is 0 Å². The molecule has 81 heavy (non-hydrogen) atoms. The maximum Gasteiger partial charge on any atom is 0.306 e. The zero-order valence-corrected chi connectivity index (χ0v) is 50.8. The Morgan fingerprint density at radius 1 is 0.494 bits per heavy atom. The van der Waals surface area contributed by atoms with Crippen LogP contribution in [0.4, 0.5) is 0 Å². The molecule has 1 fully saturated rings. The fraction of sp³-hybridized carbons (Fsp3) is 0.657. The van der Waals surface area contributed by atoms with Crippen molar-refractivity contribution in [1.29, 1.82) is 0 Å². The standard InChI is InChI=1S/C70H115NO10/c1-4-7-10-13-16-19-22-25-27-29-30-31-32-33-35-36-39-42-45-48-51-54-57-63(74)69(78)71-61(62(73)56-53-50-47-44-41-38-24-21-18-15-12-9-6-3)60-79-70-68(67(77)66(76)64(59-72)80-70)81-65(75)58-55-52-49-46-43-40-37-34-28-26-23-20-17-14-11-8-5-2/h7,10,16-17,19-20,25-28,30-31,33,35,37,39-40,42,46,49,53,56,61-64,66-68,70,72-74,76-77H,4-6,8-9,11-15,18,21-24,29,32,34,36,38,41,43-45,47-48,50-52,54-55,57-60H2,1-3H3,(H,71,78)/b10-7-,19-16-,20-17-,27-25-,28-26-,31-30-,35-33-,40-37-,42-39-,49-46-,56-53+. The fourth-order valence-electron chi connectivity index (χ4n) is 9.00. The van der Waals surface area contributed by atoms with Gasteiger partial charge in [-0.2, -0.15) is 0 Å². The lowest BCUT2D eigenvalue weighted by atomic mass is 9.99. The summed E-state index contributed by atoms with van der Waals surface area (Å²) in [4.78, 5) is 26.6. The molecule has 1 heterocycles. The summed E-state index contributed by atoms with van der Waals surface area (Å²) in [6.07, 6.45) is 69.1. The largest absolute Gasteiger partial charge is 0.454 e. The van der Waals surface area contributed by atoms with Crippen LogP contribution in [0.2, 0.25) is 0 Å². The highest BCUT2D eigenvalue weighted by atomic mass is 16.7. The lowest BCUT2D eigenvalue weighted by molar-refractivity contribution is -0.305. The number of aliphatic hydroxyl groups excluding tert-OH is 5. The molecule has 8 atom stereocenters. The van der Waals surface area contributed by atoms with Gasteiger partial charge in [0.2, 0.25) is 5.91 Å². The molecule has 460 valence electrons. The van der Waals surface area contributed by atoms with E-state index >= 15 is 0 Å². The van der Waals surface area contributed by atoms with Crippen molar-refractivity contribution >= 4 is 11.9 Å². The van der Waals surface area contributed by atoms with E-state index in [1.54, 1.807) is 6.08 Å². The van der Waals surface area contributed by atoms with Crippen LogP contribution in [0, 0.1) is 0 Å². The van der Waals surface area contributed by atoms with Crippen molar-refractivity contribution in [3.63, 3.8) is 0 Å². The van der Waals surface area contributed by atoms with Gasteiger partial charge in [0.15, 0.2) is 12.4 Å². The Morgan fingerprint density at radius 3 is 1.36 bits per heavy atom. The van der Waals surface area contributed by atoms with Crippen LogP contribution in [-0.4, -0.2) is 99.6 Å². The summed E-state index contributed by atoms with van der Waals surface area (Å²) in [6.45, 7) is 5.59. The first-order valence-electron chi connectivity index (χ1n) is 32.0. The Bertz CT molecular complexity index is 1830. The number of carbonyl (C=O) groups excluding carboxylic acids is 2. The monoisotopic (exact) mass is 1130 g/mol. The van der Waals surface area contributed by atoms with Crippen LogP contribution in [0.25, 0.3) is 0 Å². The molecule has 1 aliphatic rings. The van der Waals surface area contributed by atoms with E-state index in [-0.39, 0.29) is 19.4 Å². The van der Waals surface area contributed by atoms with Crippen LogP contribution < -0.4 is 5.32 Å². The minimum absolute atomic E-state index is 0.0369. The summed E-state index contributed by atoms with van der Waals surface area (Å²) in [5, 5.41) is 57.0. The van der Waals surface area contributed by atoms with Gasteiger partial charge in [-0.3, -0.25) is 9.59 Å². The van der Waals surface area contributed by atoms with E-state index in [0.29, 0.717) is 19.3 Å². The molecule has 6 N–H and O–H groups in total. The van der Waals surface area contributed by atoms with Crippen LogP contribution in [-0.2, 0) is 23.8 Å². The molecular formula is C70H115NO10. The summed E-state index contributed by atoms with van der Waals surface area (Å²) in [7, 11) is 0. The second-order valence-corrected chi connectivity index (χ2v) is 21.4. The first-order valence-corrected chi connectivity index (χ1v) is 32.0. The molecule has 1 aliphatic heterocycles. The first kappa shape index (κ1) is 74.8. The SMILES string of the molecule is CC/C=C\C/C=C\C/C=C\C/C=C\C/C=C\C/C=C\CCCCCC(O)C(=O)NC(COC1OC(CO)C(O)C(O)C1OC(=O)CCC/C=C\C/C=C\C/C=C\C/C=C\CCCCC)C(O)/C=C/CCCCCCCCCCCCC. The predicted molar refractivity (Wildman–Crippen MR) is 337 cm³/mol. The molecule has 1 amide bonds. The number of rotatable bonds is 52. The number of hydrogen-bond donors (Lipinski definition) is 6. The molecule has 0 spiro atoms. The van der Waals surface area contributed by atoms with Gasteiger partial charge in [0, 0.05) is 6.42 Å². The Kier molecular flexibility index (Phi) is 52.0. The summed E-state index contributed by atoms with van der Waals surface area (Å²) in [5.41, 5.74) is 0. The number of esters is 1. The molecule has 1 rings (SSSR count). The maximum absolute atomic E-state index is 13.4. The Morgan fingerprint density at radius 2 is 0.889 bits per heavy atom. The highest BCUT2D eigenvalue weighted by Crippen LogP contribution is 2.26. The van der Waals surface area contributed by atoms with Gasteiger partial charge in [-0.15, -0.1) is 0 Å². The Hall–Kier alpha value is -4.20. The first-order chi connectivity index (χ1) is 39.7. The van der Waals surface area contributed by atoms with Gasteiger partial charge in [0.1, 0.15) is 24.4 Å². The molecule has 0 saturated carbocycles. The van der Waals surface area contributed by atoms with Crippen molar-refractivity contribution in [2.45, 2.75) is 282 Å². The number of hydrogen-bond acceptors (Lipinski definition) is 10. The summed E-state index contributed by atoms with van der Waals surface area (Å²) in [5.74, 6) is -1.29. The smallest absolute Gasteiger partial charge is 0.306 e. The number of carbonyl (C=O) groups is 2. The highest BCUT2D eigenvalue weighted by molar-refractivity contribution is 5.80. The molecule has 0 radical (unpaired) electrons. The predicted octanol–water partition coefficient (Wildman–Crippen LogP) is 15.6. The Labute approximate surface area is 493 Å². The van der Waals surface area contributed by atoms with Crippen LogP contribution in [0.15, 0.2) is 134 Å². The maximum atomic E-state index is 13.4. The van der Waals surface area contributed by atoms with Gasteiger partial charge in [-0.1, -0.05) is 244 Å². The van der Waals surface area contributed by atoms with Crippen molar-refractivity contribution in [1.82, 2.24) is 5.32 Å². The molecule has 0 bridgehead atoms. The summed E-state index contributed by atoms with van der Waals surface area (Å²) >= 11 is 0. The van der Waals surface area contributed by atoms with Crippen LogP contribution in [0.3, 0.4) is 0 Å². The quantitative estimate of drug-likeness (QED) is 0.0195.